The molecule has 1 N–H and O–H groups in total. The van der Waals surface area contributed by atoms with Gasteiger partial charge in [0.25, 0.3) is 0 Å². The van der Waals surface area contributed by atoms with E-state index in [9.17, 15) is 5.11 Å². The van der Waals surface area contributed by atoms with Gasteiger partial charge in [-0.15, -0.1) is 0 Å². The van der Waals surface area contributed by atoms with E-state index in [1.54, 1.807) is 0 Å². The fourth-order valence-electron chi connectivity index (χ4n) is 4.30. The molecule has 0 fully saturated rings. The molecular formula is C17H17NO3. The summed E-state index contributed by atoms with van der Waals surface area (Å²) in [7, 11) is 0. The largest absolute Gasteiger partial charge is 0.454 e. The van der Waals surface area contributed by atoms with Gasteiger partial charge in [-0.25, -0.2) is 0 Å². The molecule has 4 aliphatic rings. The normalized spacial score (nSPS) is 32.4. The van der Waals surface area contributed by atoms with Crippen molar-refractivity contribution >= 4 is 0 Å². The van der Waals surface area contributed by atoms with Crippen molar-refractivity contribution in [2.75, 3.05) is 19.9 Å². The molecule has 4 heteroatoms. The molecule has 4 nitrogen and oxygen atoms in total. The summed E-state index contributed by atoms with van der Waals surface area (Å²) in [5.41, 5.74) is 3.74. The van der Waals surface area contributed by atoms with Crippen LogP contribution in [0.3, 0.4) is 0 Å². The molecule has 21 heavy (non-hydrogen) atoms. The van der Waals surface area contributed by atoms with Crippen molar-refractivity contribution < 1.29 is 14.6 Å². The monoisotopic (exact) mass is 283 g/mol. The summed E-state index contributed by atoms with van der Waals surface area (Å²) in [4.78, 5) is 2.49. The average Bonchev–Trinajstić information content (AvgIpc) is 3.08. The summed E-state index contributed by atoms with van der Waals surface area (Å²) in [5, 5.41) is 10.2. The smallest absolute Gasteiger partial charge is 0.231 e. The number of hydrogen-bond donors (Lipinski definition) is 1. The van der Waals surface area contributed by atoms with Crippen molar-refractivity contribution in [3.8, 4) is 11.5 Å². The van der Waals surface area contributed by atoms with E-state index in [2.05, 4.69) is 29.2 Å². The van der Waals surface area contributed by atoms with Crippen molar-refractivity contribution in [2.24, 2.45) is 0 Å². The molecule has 3 aliphatic heterocycles. The van der Waals surface area contributed by atoms with Crippen LogP contribution in [0.5, 0.6) is 11.5 Å². The van der Waals surface area contributed by atoms with Crippen molar-refractivity contribution in [1.29, 1.82) is 0 Å². The third kappa shape index (κ3) is 1.41. The van der Waals surface area contributed by atoms with E-state index in [1.165, 1.54) is 16.7 Å². The second kappa shape index (κ2) is 3.90. The minimum atomic E-state index is -0.390. The number of ether oxygens (including phenoxy) is 2. The Kier molecular flexibility index (Phi) is 2.20. The van der Waals surface area contributed by atoms with Crippen LogP contribution in [-0.4, -0.2) is 36.0 Å². The molecule has 5 rings (SSSR count). The Bertz CT molecular complexity index is 694. The first-order valence-electron chi connectivity index (χ1n) is 7.52. The molecule has 2 atom stereocenters. The molecule has 0 radical (unpaired) electrons. The second-order valence-electron chi connectivity index (χ2n) is 6.21. The minimum Gasteiger partial charge on any atom is -0.454 e. The molecule has 1 spiro atoms. The maximum atomic E-state index is 10.2. The molecule has 1 aliphatic carbocycles. The Morgan fingerprint density at radius 3 is 3.00 bits per heavy atom. The summed E-state index contributed by atoms with van der Waals surface area (Å²) >= 11 is 0. The molecule has 0 saturated heterocycles. The number of rotatable bonds is 0. The first-order chi connectivity index (χ1) is 10.3. The van der Waals surface area contributed by atoms with Gasteiger partial charge in [-0.3, -0.25) is 4.90 Å². The quantitative estimate of drug-likeness (QED) is 0.787. The summed E-state index contributed by atoms with van der Waals surface area (Å²) in [6, 6.07) is 4.26. The molecule has 3 heterocycles. The Labute approximate surface area is 123 Å². The zero-order chi connectivity index (χ0) is 14.0. The lowest BCUT2D eigenvalue weighted by Gasteiger charge is -2.47. The summed E-state index contributed by atoms with van der Waals surface area (Å²) in [5.74, 6) is 1.69. The summed E-state index contributed by atoms with van der Waals surface area (Å²) < 4.78 is 11.1. The van der Waals surface area contributed by atoms with Crippen LogP contribution >= 0.6 is 0 Å². The van der Waals surface area contributed by atoms with Gasteiger partial charge in [-0.05, 0) is 35.3 Å². The van der Waals surface area contributed by atoms with Gasteiger partial charge < -0.3 is 14.6 Å². The average molecular weight is 283 g/mol. The van der Waals surface area contributed by atoms with Crippen LogP contribution in [0.15, 0.2) is 35.9 Å². The first kappa shape index (κ1) is 11.8. The third-order valence-electron chi connectivity index (χ3n) is 5.25. The van der Waals surface area contributed by atoms with Crippen molar-refractivity contribution in [3.63, 3.8) is 0 Å². The van der Waals surface area contributed by atoms with Gasteiger partial charge in [0.05, 0.1) is 11.6 Å². The Hall–Kier alpha value is -1.78. The molecule has 0 bridgehead atoms. The molecule has 108 valence electrons. The van der Waals surface area contributed by atoms with Gasteiger partial charge in [0.1, 0.15) is 0 Å². The molecule has 1 aromatic carbocycles. The summed E-state index contributed by atoms with van der Waals surface area (Å²) in [6.45, 7) is 2.29. The number of fused-ring (bicyclic) bond motifs is 2. The van der Waals surface area contributed by atoms with Crippen LogP contribution in [0.25, 0.3) is 0 Å². The van der Waals surface area contributed by atoms with E-state index in [-0.39, 0.29) is 11.6 Å². The van der Waals surface area contributed by atoms with Gasteiger partial charge in [-0.2, -0.15) is 0 Å². The lowest BCUT2D eigenvalue weighted by molar-refractivity contribution is 0.0771. The zero-order valence-electron chi connectivity index (χ0n) is 11.7. The number of benzene rings is 1. The molecule has 1 aromatic rings. The van der Waals surface area contributed by atoms with E-state index in [0.29, 0.717) is 6.79 Å². The molecule has 2 unspecified atom stereocenters. The summed E-state index contributed by atoms with van der Waals surface area (Å²) in [6.07, 6.45) is 7.65. The number of aliphatic hydroxyl groups excluding tert-OH is 1. The van der Waals surface area contributed by atoms with Crippen molar-refractivity contribution in [2.45, 2.75) is 24.5 Å². The van der Waals surface area contributed by atoms with Crippen LogP contribution in [-0.2, 0) is 12.0 Å². The topological polar surface area (TPSA) is 41.9 Å². The fraction of sp³-hybridized carbons (Fsp3) is 0.412. The predicted octanol–water partition coefficient (Wildman–Crippen LogP) is 1.73. The van der Waals surface area contributed by atoms with Crippen LogP contribution in [0.4, 0.5) is 0 Å². The molecular weight excluding hydrogens is 266 g/mol. The lowest BCUT2D eigenvalue weighted by atomic mass is 9.71. The molecule has 0 amide bonds. The van der Waals surface area contributed by atoms with E-state index >= 15 is 0 Å². The van der Waals surface area contributed by atoms with Gasteiger partial charge in [-0.1, -0.05) is 18.2 Å². The number of nitrogens with zero attached hydrogens (tertiary/aromatic N) is 1. The zero-order valence-corrected chi connectivity index (χ0v) is 11.7. The minimum absolute atomic E-state index is 0.178. The first-order valence-corrected chi connectivity index (χ1v) is 7.52. The highest BCUT2D eigenvalue weighted by Crippen LogP contribution is 2.52. The van der Waals surface area contributed by atoms with Crippen molar-refractivity contribution in [1.82, 2.24) is 4.90 Å². The highest BCUT2D eigenvalue weighted by atomic mass is 16.7. The van der Waals surface area contributed by atoms with Gasteiger partial charge >= 0.3 is 0 Å². The van der Waals surface area contributed by atoms with Crippen LogP contribution in [0.2, 0.25) is 0 Å². The lowest BCUT2D eigenvalue weighted by Crippen LogP contribution is -2.51. The van der Waals surface area contributed by atoms with Crippen LogP contribution in [0, 0.1) is 0 Å². The van der Waals surface area contributed by atoms with Gasteiger partial charge in [0, 0.05) is 19.5 Å². The maximum absolute atomic E-state index is 10.2. The van der Waals surface area contributed by atoms with Crippen LogP contribution in [0.1, 0.15) is 17.5 Å². The Morgan fingerprint density at radius 1 is 1.24 bits per heavy atom. The second-order valence-corrected chi connectivity index (χ2v) is 6.21. The Balaban J connectivity index is 1.75. The standard InChI is InChI=1S/C17H17NO3/c19-13-2-1-12-4-6-18-5-3-11-7-15-16(21-10-20-15)8-14(11)17(12,18)9-13/h1-2,4,7-8,13,19H,3,5-6,9-10H2. The van der Waals surface area contributed by atoms with Crippen molar-refractivity contribution in [3.05, 3.63) is 47.1 Å². The third-order valence-corrected chi connectivity index (χ3v) is 5.25. The molecule has 0 aromatic heterocycles. The van der Waals surface area contributed by atoms with Gasteiger partial charge in [0.2, 0.25) is 6.79 Å². The Morgan fingerprint density at radius 2 is 2.10 bits per heavy atom. The van der Waals surface area contributed by atoms with E-state index in [0.717, 1.165) is 37.4 Å². The van der Waals surface area contributed by atoms with Gasteiger partial charge in [0.15, 0.2) is 11.5 Å². The van der Waals surface area contributed by atoms with E-state index < -0.39 is 0 Å². The maximum Gasteiger partial charge on any atom is 0.231 e. The van der Waals surface area contributed by atoms with E-state index in [1.807, 2.05) is 6.08 Å². The highest BCUT2D eigenvalue weighted by Gasteiger charge is 2.50. The highest BCUT2D eigenvalue weighted by molar-refractivity contribution is 5.58. The SMILES string of the molecule is OC1C=CC2=CCN3CCc4cc5c(cc4C23C1)OCO5. The van der Waals surface area contributed by atoms with Crippen LogP contribution < -0.4 is 9.47 Å². The number of hydrogen-bond acceptors (Lipinski definition) is 4. The fourth-order valence-corrected chi connectivity index (χ4v) is 4.30. The van der Waals surface area contributed by atoms with E-state index in [4.69, 9.17) is 9.47 Å². The number of aliphatic hydroxyl groups is 1. The molecule has 0 saturated carbocycles. The predicted molar refractivity (Wildman–Crippen MR) is 77.4 cm³/mol.